The number of carbonyl (C=O) groups excluding carboxylic acids is 1. The molecule has 1 aliphatic rings. The van der Waals surface area contributed by atoms with Crippen molar-refractivity contribution in [3.63, 3.8) is 0 Å². The lowest BCUT2D eigenvalue weighted by atomic mass is 9.87. The van der Waals surface area contributed by atoms with Gasteiger partial charge in [0.1, 0.15) is 15.9 Å². The number of sulfone groups is 1. The molecule has 0 radical (unpaired) electrons. The fourth-order valence-corrected chi connectivity index (χ4v) is 7.89. The first-order chi connectivity index (χ1) is 20.3. The van der Waals surface area contributed by atoms with Crippen LogP contribution in [0.5, 0.6) is 0 Å². The van der Waals surface area contributed by atoms with Gasteiger partial charge in [-0.2, -0.15) is 4.31 Å². The van der Waals surface area contributed by atoms with Crippen LogP contribution in [0.25, 0.3) is 11.1 Å². The highest BCUT2D eigenvalue weighted by molar-refractivity contribution is 7.90. The van der Waals surface area contributed by atoms with Crippen LogP contribution in [0.3, 0.4) is 0 Å². The lowest BCUT2D eigenvalue weighted by molar-refractivity contribution is -0.139. The fourth-order valence-electron chi connectivity index (χ4n) is 5.59. The smallest absolute Gasteiger partial charge is 0.326 e. The zero-order chi connectivity index (χ0) is 31.6. The number of sulfonamides is 1. The van der Waals surface area contributed by atoms with Crippen molar-refractivity contribution in [2.45, 2.75) is 84.2 Å². The van der Waals surface area contributed by atoms with Gasteiger partial charge in [0.15, 0.2) is 0 Å². The van der Waals surface area contributed by atoms with Crippen molar-refractivity contribution in [3.05, 3.63) is 59.2 Å². The number of aliphatic carboxylic acids is 1. The minimum atomic E-state index is -3.50. The molecule has 1 atom stereocenters. The first-order valence-electron chi connectivity index (χ1n) is 15.2. The Balaban J connectivity index is 1.95. The Morgan fingerprint density at radius 1 is 1.00 bits per heavy atom. The number of carboxylic acid groups (broad SMARTS) is 1. The first kappa shape index (κ1) is 34.7. The summed E-state index contributed by atoms with van der Waals surface area (Å²) in [6, 6.07) is 11.2. The van der Waals surface area contributed by atoms with Crippen molar-refractivity contribution < 1.29 is 31.5 Å². The zero-order valence-electron chi connectivity index (χ0n) is 25.5. The molecule has 9 nitrogen and oxygen atoms in total. The largest absolute Gasteiger partial charge is 0.480 e. The molecular weight excluding hydrogens is 588 g/mol. The summed E-state index contributed by atoms with van der Waals surface area (Å²) in [6.45, 7) is 4.49. The number of nitrogens with zero attached hydrogens (tertiary/aromatic N) is 1. The summed E-state index contributed by atoms with van der Waals surface area (Å²) in [5.74, 6) is -1.73. The van der Waals surface area contributed by atoms with Crippen molar-refractivity contribution in [2.75, 3.05) is 24.3 Å². The van der Waals surface area contributed by atoms with Gasteiger partial charge in [-0.15, -0.1) is 0 Å². The van der Waals surface area contributed by atoms with E-state index < -0.39 is 37.8 Å². The molecule has 1 fully saturated rings. The number of amides is 1. The lowest BCUT2D eigenvalue weighted by Crippen LogP contribution is -2.42. The maximum atomic E-state index is 13.4. The molecule has 2 aromatic rings. The predicted octanol–water partition coefficient (Wildman–Crippen LogP) is 5.18. The molecular formula is C32H46N2O7S2. The second kappa shape index (κ2) is 15.8. The monoisotopic (exact) mass is 634 g/mol. The van der Waals surface area contributed by atoms with E-state index in [1.165, 1.54) is 19.3 Å². The van der Waals surface area contributed by atoms with E-state index in [0.717, 1.165) is 48.6 Å². The van der Waals surface area contributed by atoms with Gasteiger partial charge in [0.2, 0.25) is 10.0 Å². The van der Waals surface area contributed by atoms with Gasteiger partial charge in [0, 0.05) is 24.9 Å². The van der Waals surface area contributed by atoms with Crippen LogP contribution < -0.4 is 5.32 Å². The third-order valence-corrected chi connectivity index (χ3v) is 11.0. The van der Waals surface area contributed by atoms with Crippen LogP contribution in [0.15, 0.2) is 42.5 Å². The van der Waals surface area contributed by atoms with Crippen molar-refractivity contribution in [3.8, 4) is 11.1 Å². The molecule has 0 aliphatic heterocycles. The van der Waals surface area contributed by atoms with Crippen molar-refractivity contribution in [1.29, 1.82) is 0 Å². The van der Waals surface area contributed by atoms with Gasteiger partial charge in [0.05, 0.1) is 11.5 Å². The van der Waals surface area contributed by atoms with Crippen LogP contribution in [0, 0.1) is 12.8 Å². The molecule has 1 unspecified atom stereocenters. The average molecular weight is 635 g/mol. The standard InChI is InChI=1S/C32H46N2O7S2/c1-4-5-20-43(40,41)34(19-17-25-12-7-6-8-13-25)23-26-15-16-28(29(22-26)27-14-10-9-11-24(27)2)31(35)33-30(32(36)37)18-21-42(3,38)39/h9-11,14-16,22,25,30H,4-8,12-13,17-21,23H2,1-3H3,(H,33,35)(H,36,37). The van der Waals surface area contributed by atoms with Gasteiger partial charge in [-0.05, 0) is 66.5 Å². The van der Waals surface area contributed by atoms with Gasteiger partial charge < -0.3 is 10.4 Å². The van der Waals surface area contributed by atoms with Crippen LogP contribution in [-0.4, -0.2) is 68.5 Å². The van der Waals surface area contributed by atoms with Gasteiger partial charge in [-0.3, -0.25) is 4.79 Å². The second-order valence-corrected chi connectivity index (χ2v) is 16.1. The van der Waals surface area contributed by atoms with Gasteiger partial charge in [0.25, 0.3) is 5.91 Å². The normalized spacial score (nSPS) is 15.3. The highest BCUT2D eigenvalue weighted by atomic mass is 32.2. The van der Waals surface area contributed by atoms with Crippen LogP contribution >= 0.6 is 0 Å². The van der Waals surface area contributed by atoms with E-state index in [0.29, 0.717) is 24.4 Å². The minimum Gasteiger partial charge on any atom is -0.480 e. The molecule has 0 heterocycles. The Bertz CT molecular complexity index is 1470. The fraction of sp³-hybridized carbons (Fsp3) is 0.562. The number of hydrogen-bond donors (Lipinski definition) is 2. The minimum absolute atomic E-state index is 0.0867. The van der Waals surface area contributed by atoms with E-state index in [2.05, 4.69) is 5.32 Å². The quantitative estimate of drug-likeness (QED) is 0.259. The maximum absolute atomic E-state index is 13.4. The summed E-state index contributed by atoms with van der Waals surface area (Å²) in [5.41, 5.74) is 3.17. The third-order valence-electron chi connectivity index (χ3n) is 8.16. The summed E-state index contributed by atoms with van der Waals surface area (Å²) in [7, 11) is -6.93. The van der Waals surface area contributed by atoms with Crippen molar-refractivity contribution in [2.24, 2.45) is 5.92 Å². The number of rotatable bonds is 16. The number of nitrogens with one attached hydrogen (secondary N) is 1. The summed E-state index contributed by atoms with van der Waals surface area (Å²) < 4.78 is 51.7. The molecule has 0 aromatic heterocycles. The number of benzene rings is 2. The van der Waals surface area contributed by atoms with E-state index in [-0.39, 0.29) is 30.0 Å². The SMILES string of the molecule is CCCCS(=O)(=O)N(CCC1CCCCC1)Cc1ccc(C(=O)NC(CCS(C)(=O)=O)C(=O)O)c(-c2ccccc2C)c1. The number of unbranched alkanes of at least 4 members (excludes halogenated alkanes) is 1. The molecule has 238 valence electrons. The van der Waals surface area contributed by atoms with Crippen LogP contribution in [0.2, 0.25) is 0 Å². The van der Waals surface area contributed by atoms with Gasteiger partial charge in [-0.1, -0.05) is 75.8 Å². The topological polar surface area (TPSA) is 138 Å². The molecule has 0 spiro atoms. The van der Waals surface area contributed by atoms with Crippen LogP contribution in [0.4, 0.5) is 0 Å². The average Bonchev–Trinajstić information content (AvgIpc) is 2.96. The molecule has 1 saturated carbocycles. The van der Waals surface area contributed by atoms with Gasteiger partial charge in [-0.25, -0.2) is 21.6 Å². The highest BCUT2D eigenvalue weighted by Gasteiger charge is 2.27. The molecule has 2 aromatic carbocycles. The van der Waals surface area contributed by atoms with E-state index >= 15 is 0 Å². The number of carboxylic acids is 1. The summed E-state index contributed by atoms with van der Waals surface area (Å²) in [4.78, 5) is 25.3. The predicted molar refractivity (Wildman–Crippen MR) is 170 cm³/mol. The molecule has 1 aliphatic carbocycles. The van der Waals surface area contributed by atoms with E-state index in [1.807, 2.05) is 44.2 Å². The Labute approximate surface area is 257 Å². The Morgan fingerprint density at radius 2 is 1.70 bits per heavy atom. The molecule has 2 N–H and O–H groups in total. The van der Waals surface area contributed by atoms with E-state index in [1.54, 1.807) is 16.4 Å². The van der Waals surface area contributed by atoms with Crippen molar-refractivity contribution >= 4 is 31.7 Å². The third kappa shape index (κ3) is 10.7. The van der Waals surface area contributed by atoms with E-state index in [4.69, 9.17) is 0 Å². The summed E-state index contributed by atoms with van der Waals surface area (Å²) in [6.07, 6.45) is 8.81. The number of carbonyl (C=O) groups is 2. The molecule has 3 rings (SSSR count). The first-order valence-corrected chi connectivity index (χ1v) is 18.9. The van der Waals surface area contributed by atoms with Crippen LogP contribution in [-0.2, 0) is 31.2 Å². The maximum Gasteiger partial charge on any atom is 0.326 e. The van der Waals surface area contributed by atoms with Gasteiger partial charge >= 0.3 is 5.97 Å². The Kier molecular flexibility index (Phi) is 12.8. The summed E-state index contributed by atoms with van der Waals surface area (Å²) in [5, 5.41) is 12.1. The number of hydrogen-bond acceptors (Lipinski definition) is 6. The molecule has 11 heteroatoms. The number of aryl methyl sites for hydroxylation is 1. The Hall–Kier alpha value is -2.76. The lowest BCUT2D eigenvalue weighted by Gasteiger charge is -2.27. The highest BCUT2D eigenvalue weighted by Crippen LogP contribution is 2.30. The molecule has 0 saturated heterocycles. The molecule has 0 bridgehead atoms. The second-order valence-electron chi connectivity index (χ2n) is 11.8. The summed E-state index contributed by atoms with van der Waals surface area (Å²) >= 11 is 0. The molecule has 1 amide bonds. The zero-order valence-corrected chi connectivity index (χ0v) is 27.2. The Morgan fingerprint density at radius 3 is 2.33 bits per heavy atom. The van der Waals surface area contributed by atoms with Crippen LogP contribution in [0.1, 0.15) is 86.2 Å². The van der Waals surface area contributed by atoms with E-state index in [9.17, 15) is 31.5 Å². The van der Waals surface area contributed by atoms with Crippen molar-refractivity contribution in [1.82, 2.24) is 9.62 Å². The molecule has 43 heavy (non-hydrogen) atoms.